The number of hydrogen-bond acceptors (Lipinski definition) is 2. The van der Waals surface area contributed by atoms with Gasteiger partial charge in [0.05, 0.1) is 5.69 Å². The fraction of sp³-hybridized carbons (Fsp3) is 0.143. The molecular weight excluding hydrogens is 231 g/mol. The summed E-state index contributed by atoms with van der Waals surface area (Å²) in [5.41, 5.74) is 1.57. The van der Waals surface area contributed by atoms with E-state index in [9.17, 15) is 9.18 Å². The Morgan fingerprint density at radius 3 is 2.67 bits per heavy atom. The summed E-state index contributed by atoms with van der Waals surface area (Å²) in [6, 6.07) is 7.62. The van der Waals surface area contributed by atoms with E-state index in [1.165, 1.54) is 22.8 Å². The monoisotopic (exact) mass is 242 g/mol. The maximum atomic E-state index is 13.2. The topological polar surface area (TPSA) is 45.8 Å². The number of nitriles is 1. The molecule has 4 heteroatoms. The van der Waals surface area contributed by atoms with Crippen molar-refractivity contribution in [1.29, 1.82) is 5.26 Å². The molecule has 0 saturated carbocycles. The van der Waals surface area contributed by atoms with E-state index >= 15 is 0 Å². The van der Waals surface area contributed by atoms with Gasteiger partial charge < -0.3 is 0 Å². The molecule has 0 aliphatic heterocycles. The standard InChI is InChI=1S/C14H11FN2O/c1-9-8-17(12-5-3-4-11(15)6-12)14(18)13(7-16)10(9)2/h3-6,8H,1-2H3. The van der Waals surface area contributed by atoms with Gasteiger partial charge in [0, 0.05) is 6.20 Å². The van der Waals surface area contributed by atoms with Gasteiger partial charge in [-0.25, -0.2) is 4.39 Å². The zero-order valence-corrected chi connectivity index (χ0v) is 10.1. The molecule has 90 valence electrons. The van der Waals surface area contributed by atoms with Gasteiger partial charge in [-0.1, -0.05) is 6.07 Å². The van der Waals surface area contributed by atoms with Gasteiger partial charge in [0.1, 0.15) is 17.4 Å². The first kappa shape index (κ1) is 12.1. The highest BCUT2D eigenvalue weighted by Crippen LogP contribution is 2.13. The van der Waals surface area contributed by atoms with Crippen LogP contribution in [0.4, 0.5) is 4.39 Å². The van der Waals surface area contributed by atoms with Crippen LogP contribution in [0.2, 0.25) is 0 Å². The number of benzene rings is 1. The molecule has 0 spiro atoms. The second-order valence-corrected chi connectivity index (χ2v) is 4.08. The van der Waals surface area contributed by atoms with E-state index in [1.807, 2.05) is 13.0 Å². The summed E-state index contributed by atoms with van der Waals surface area (Å²) in [5.74, 6) is -0.420. The summed E-state index contributed by atoms with van der Waals surface area (Å²) in [6.07, 6.45) is 1.62. The molecule has 0 unspecified atom stereocenters. The van der Waals surface area contributed by atoms with E-state index in [2.05, 4.69) is 0 Å². The highest BCUT2D eigenvalue weighted by atomic mass is 19.1. The predicted octanol–water partition coefficient (Wildman–Crippen LogP) is 2.47. The van der Waals surface area contributed by atoms with Crippen molar-refractivity contribution >= 4 is 0 Å². The molecule has 0 aliphatic carbocycles. The lowest BCUT2D eigenvalue weighted by Crippen LogP contribution is -2.22. The average Bonchev–Trinajstić information content (AvgIpc) is 2.34. The van der Waals surface area contributed by atoms with Crippen molar-refractivity contribution in [2.75, 3.05) is 0 Å². The summed E-state index contributed by atoms with van der Waals surface area (Å²) < 4.78 is 14.5. The smallest absolute Gasteiger partial charge is 0.273 e. The van der Waals surface area contributed by atoms with Crippen LogP contribution in [0.5, 0.6) is 0 Å². The molecule has 3 nitrogen and oxygen atoms in total. The second-order valence-electron chi connectivity index (χ2n) is 4.08. The second kappa shape index (κ2) is 4.46. The Kier molecular flexibility index (Phi) is 2.99. The number of hydrogen-bond donors (Lipinski definition) is 0. The molecule has 2 rings (SSSR count). The minimum Gasteiger partial charge on any atom is -0.283 e. The maximum Gasteiger partial charge on any atom is 0.273 e. The van der Waals surface area contributed by atoms with E-state index in [4.69, 9.17) is 5.26 Å². The Bertz CT molecular complexity index is 711. The molecular formula is C14H11FN2O. The van der Waals surface area contributed by atoms with E-state index in [1.54, 1.807) is 19.2 Å². The van der Waals surface area contributed by atoms with Crippen molar-refractivity contribution < 1.29 is 4.39 Å². The molecule has 1 aromatic heterocycles. The minimum atomic E-state index is -0.425. The first-order chi connectivity index (χ1) is 8.54. The van der Waals surface area contributed by atoms with E-state index in [0.717, 1.165) is 5.56 Å². The van der Waals surface area contributed by atoms with E-state index in [0.29, 0.717) is 11.3 Å². The predicted molar refractivity (Wildman–Crippen MR) is 66.2 cm³/mol. The molecule has 0 atom stereocenters. The molecule has 0 radical (unpaired) electrons. The Labute approximate surface area is 104 Å². The van der Waals surface area contributed by atoms with Crippen molar-refractivity contribution in [2.24, 2.45) is 0 Å². The molecule has 0 amide bonds. The third kappa shape index (κ3) is 1.91. The van der Waals surface area contributed by atoms with Crippen molar-refractivity contribution in [2.45, 2.75) is 13.8 Å². The van der Waals surface area contributed by atoms with Gasteiger partial charge in [0.25, 0.3) is 5.56 Å². The van der Waals surface area contributed by atoms with Crippen LogP contribution in [0.1, 0.15) is 16.7 Å². The first-order valence-corrected chi connectivity index (χ1v) is 5.43. The molecule has 1 aromatic carbocycles. The summed E-state index contributed by atoms with van der Waals surface area (Å²) >= 11 is 0. The first-order valence-electron chi connectivity index (χ1n) is 5.43. The highest BCUT2D eigenvalue weighted by molar-refractivity contribution is 5.43. The van der Waals surface area contributed by atoms with E-state index < -0.39 is 11.4 Å². The van der Waals surface area contributed by atoms with Gasteiger partial charge in [-0.15, -0.1) is 0 Å². The lowest BCUT2D eigenvalue weighted by atomic mass is 10.1. The van der Waals surface area contributed by atoms with Gasteiger partial charge in [-0.05, 0) is 43.2 Å². The van der Waals surface area contributed by atoms with Crippen molar-refractivity contribution in [3.63, 3.8) is 0 Å². The fourth-order valence-corrected chi connectivity index (χ4v) is 1.78. The number of pyridine rings is 1. The zero-order valence-electron chi connectivity index (χ0n) is 10.1. The number of aryl methyl sites for hydroxylation is 1. The fourth-order valence-electron chi connectivity index (χ4n) is 1.78. The zero-order chi connectivity index (χ0) is 13.3. The SMILES string of the molecule is Cc1cn(-c2cccc(F)c2)c(=O)c(C#N)c1C. The van der Waals surface area contributed by atoms with Gasteiger partial charge in [0.2, 0.25) is 0 Å². The Morgan fingerprint density at radius 1 is 1.33 bits per heavy atom. The van der Waals surface area contributed by atoms with Crippen molar-refractivity contribution in [3.05, 3.63) is 63.3 Å². The number of halogens is 1. The molecule has 0 bridgehead atoms. The lowest BCUT2D eigenvalue weighted by molar-refractivity contribution is 0.626. The number of aromatic nitrogens is 1. The molecule has 0 fully saturated rings. The van der Waals surface area contributed by atoms with Crippen LogP contribution in [0, 0.1) is 31.0 Å². The van der Waals surface area contributed by atoms with Gasteiger partial charge in [-0.2, -0.15) is 5.26 Å². The van der Waals surface area contributed by atoms with Gasteiger partial charge in [0.15, 0.2) is 0 Å². The number of nitrogens with zero attached hydrogens (tertiary/aromatic N) is 2. The lowest BCUT2D eigenvalue weighted by Gasteiger charge is -2.10. The summed E-state index contributed by atoms with van der Waals surface area (Å²) in [7, 11) is 0. The normalized spacial score (nSPS) is 10.1. The van der Waals surface area contributed by atoms with Crippen LogP contribution < -0.4 is 5.56 Å². The van der Waals surface area contributed by atoms with Crippen molar-refractivity contribution in [1.82, 2.24) is 4.57 Å². The van der Waals surface area contributed by atoms with Crippen LogP contribution in [0.25, 0.3) is 5.69 Å². The molecule has 0 aliphatic rings. The summed E-state index contributed by atoms with van der Waals surface area (Å²) in [4.78, 5) is 12.1. The third-order valence-electron chi connectivity index (χ3n) is 2.92. The minimum absolute atomic E-state index is 0.0965. The van der Waals surface area contributed by atoms with Crippen LogP contribution in [0.15, 0.2) is 35.3 Å². The largest absolute Gasteiger partial charge is 0.283 e. The highest BCUT2D eigenvalue weighted by Gasteiger charge is 2.11. The molecule has 0 N–H and O–H groups in total. The van der Waals surface area contributed by atoms with E-state index in [-0.39, 0.29) is 5.56 Å². The summed E-state index contributed by atoms with van der Waals surface area (Å²) in [5, 5.41) is 9.01. The molecule has 0 saturated heterocycles. The van der Waals surface area contributed by atoms with Crippen LogP contribution in [-0.2, 0) is 0 Å². The van der Waals surface area contributed by atoms with Crippen LogP contribution >= 0.6 is 0 Å². The Balaban J connectivity index is 2.78. The van der Waals surface area contributed by atoms with Crippen LogP contribution in [-0.4, -0.2) is 4.57 Å². The van der Waals surface area contributed by atoms with Gasteiger partial charge in [-0.3, -0.25) is 9.36 Å². The molecule has 18 heavy (non-hydrogen) atoms. The van der Waals surface area contributed by atoms with Gasteiger partial charge >= 0.3 is 0 Å². The van der Waals surface area contributed by atoms with Crippen molar-refractivity contribution in [3.8, 4) is 11.8 Å². The Hall–Kier alpha value is -2.41. The average molecular weight is 242 g/mol. The quantitative estimate of drug-likeness (QED) is 0.771. The summed E-state index contributed by atoms with van der Waals surface area (Å²) in [6.45, 7) is 3.54. The number of rotatable bonds is 1. The van der Waals surface area contributed by atoms with Crippen LogP contribution in [0.3, 0.4) is 0 Å². The maximum absolute atomic E-state index is 13.2. The Morgan fingerprint density at radius 2 is 2.06 bits per heavy atom. The molecule has 1 heterocycles. The molecule has 2 aromatic rings. The third-order valence-corrected chi connectivity index (χ3v) is 2.92.